The summed E-state index contributed by atoms with van der Waals surface area (Å²) >= 11 is 5.97. The highest BCUT2D eigenvalue weighted by atomic mass is 127. The molecule has 0 aromatic heterocycles. The monoisotopic (exact) mass is 554 g/mol. The molecule has 30 heavy (non-hydrogen) atoms. The molecule has 0 bridgehead atoms. The van der Waals surface area contributed by atoms with Crippen molar-refractivity contribution in [2.24, 2.45) is 4.99 Å². The van der Waals surface area contributed by atoms with E-state index in [1.54, 1.807) is 0 Å². The van der Waals surface area contributed by atoms with Gasteiger partial charge in [-0.1, -0.05) is 11.6 Å². The molecule has 0 spiro atoms. The Balaban J connectivity index is 0.00000450. The van der Waals surface area contributed by atoms with Crippen molar-refractivity contribution in [3.8, 4) is 5.75 Å². The molecule has 1 heterocycles. The maximum atomic E-state index is 10.7. The van der Waals surface area contributed by atoms with Crippen LogP contribution in [-0.4, -0.2) is 80.7 Å². The number of nitrogens with zero attached hydrogens (tertiary/aromatic N) is 2. The molecule has 0 amide bonds. The molecule has 172 valence electrons. The van der Waals surface area contributed by atoms with Gasteiger partial charge in [-0.25, -0.2) is 0 Å². The van der Waals surface area contributed by atoms with Crippen molar-refractivity contribution < 1.29 is 14.6 Å². The van der Waals surface area contributed by atoms with Crippen LogP contribution in [0.25, 0.3) is 0 Å². The van der Waals surface area contributed by atoms with E-state index >= 15 is 0 Å². The van der Waals surface area contributed by atoms with E-state index < -0.39 is 5.60 Å². The number of guanidine groups is 1. The van der Waals surface area contributed by atoms with Crippen molar-refractivity contribution >= 4 is 41.5 Å². The Bertz CT molecular complexity index is 655. The number of aliphatic imine (C=N–C) groups is 1. The van der Waals surface area contributed by atoms with Gasteiger partial charge in [-0.05, 0) is 51.0 Å². The van der Waals surface area contributed by atoms with Gasteiger partial charge in [0, 0.05) is 37.7 Å². The molecule has 1 atom stereocenters. The zero-order chi connectivity index (χ0) is 21.1. The van der Waals surface area contributed by atoms with Gasteiger partial charge in [0.05, 0.1) is 32.0 Å². The summed E-state index contributed by atoms with van der Waals surface area (Å²) in [5, 5.41) is 17.9. The average Bonchev–Trinajstić information content (AvgIpc) is 2.67. The quantitative estimate of drug-likeness (QED) is 0.179. The summed E-state index contributed by atoms with van der Waals surface area (Å²) in [5.74, 6) is 1.56. The maximum absolute atomic E-state index is 10.7. The number of nitrogens with one attached hydrogen (secondary N) is 2. The molecular weight excluding hydrogens is 519 g/mol. The number of rotatable bonds is 10. The fourth-order valence-electron chi connectivity index (χ4n) is 3.12. The first-order valence-corrected chi connectivity index (χ1v) is 10.7. The molecule has 1 unspecified atom stereocenters. The first-order valence-electron chi connectivity index (χ1n) is 10.3. The van der Waals surface area contributed by atoms with Crippen molar-refractivity contribution in [1.29, 1.82) is 0 Å². The second-order valence-corrected chi connectivity index (χ2v) is 8.06. The van der Waals surface area contributed by atoms with Crippen LogP contribution >= 0.6 is 35.6 Å². The highest BCUT2D eigenvalue weighted by Crippen LogP contribution is 2.21. The van der Waals surface area contributed by atoms with Gasteiger partial charge in [0.2, 0.25) is 0 Å². The maximum Gasteiger partial charge on any atom is 0.191 e. The fourth-order valence-corrected chi connectivity index (χ4v) is 3.34. The molecule has 1 aliphatic heterocycles. The number of hydrogen-bond donors (Lipinski definition) is 3. The number of aliphatic hydroxyl groups is 1. The van der Waals surface area contributed by atoms with Gasteiger partial charge in [-0.3, -0.25) is 9.89 Å². The Labute approximate surface area is 202 Å². The summed E-state index contributed by atoms with van der Waals surface area (Å²) in [6, 6.07) is 5.63. The molecule has 0 aliphatic carbocycles. The molecule has 1 fully saturated rings. The van der Waals surface area contributed by atoms with Gasteiger partial charge < -0.3 is 25.2 Å². The van der Waals surface area contributed by atoms with E-state index in [1.807, 2.05) is 39.0 Å². The van der Waals surface area contributed by atoms with Crippen LogP contribution < -0.4 is 15.4 Å². The lowest BCUT2D eigenvalue weighted by Gasteiger charge is -2.33. The Morgan fingerprint density at radius 3 is 2.73 bits per heavy atom. The van der Waals surface area contributed by atoms with E-state index in [1.165, 1.54) is 0 Å². The molecule has 0 saturated carbocycles. The molecule has 9 heteroatoms. The topological polar surface area (TPSA) is 78.4 Å². The van der Waals surface area contributed by atoms with Crippen molar-refractivity contribution in [1.82, 2.24) is 15.5 Å². The van der Waals surface area contributed by atoms with Crippen LogP contribution in [-0.2, 0) is 4.74 Å². The highest BCUT2D eigenvalue weighted by Gasteiger charge is 2.25. The predicted molar refractivity (Wildman–Crippen MR) is 134 cm³/mol. The SMILES string of the molecule is CCNC(=NCC(C)(O)CN1CCOCC1)NCCCOc1ccc(Cl)cc1C.I. The first kappa shape index (κ1) is 27.2. The average molecular weight is 555 g/mol. The third kappa shape index (κ3) is 10.5. The van der Waals surface area contributed by atoms with Crippen LogP contribution in [0.15, 0.2) is 23.2 Å². The highest BCUT2D eigenvalue weighted by molar-refractivity contribution is 14.0. The van der Waals surface area contributed by atoms with Crippen molar-refractivity contribution in [3.05, 3.63) is 28.8 Å². The van der Waals surface area contributed by atoms with E-state index in [9.17, 15) is 5.11 Å². The summed E-state index contributed by atoms with van der Waals surface area (Å²) in [7, 11) is 0. The van der Waals surface area contributed by atoms with Crippen LogP contribution in [0.5, 0.6) is 5.75 Å². The van der Waals surface area contributed by atoms with Gasteiger partial charge >= 0.3 is 0 Å². The number of morpholine rings is 1. The Kier molecular flexibility index (Phi) is 13.0. The van der Waals surface area contributed by atoms with Gasteiger partial charge in [0.1, 0.15) is 5.75 Å². The molecule has 1 aromatic carbocycles. The van der Waals surface area contributed by atoms with Crippen LogP contribution in [0.2, 0.25) is 5.02 Å². The zero-order valence-corrected chi connectivity index (χ0v) is 21.3. The van der Waals surface area contributed by atoms with E-state index in [2.05, 4.69) is 20.5 Å². The van der Waals surface area contributed by atoms with Crippen LogP contribution in [0.1, 0.15) is 25.8 Å². The van der Waals surface area contributed by atoms with E-state index in [4.69, 9.17) is 21.1 Å². The lowest BCUT2D eigenvalue weighted by Crippen LogP contribution is -2.48. The summed E-state index contributed by atoms with van der Waals surface area (Å²) in [5.41, 5.74) is 0.150. The normalized spacial score (nSPS) is 17.0. The predicted octanol–water partition coefficient (Wildman–Crippen LogP) is 2.67. The third-order valence-corrected chi connectivity index (χ3v) is 4.83. The Morgan fingerprint density at radius 2 is 2.07 bits per heavy atom. The van der Waals surface area contributed by atoms with Gasteiger partial charge in [-0.15, -0.1) is 24.0 Å². The number of ether oxygens (including phenoxy) is 2. The van der Waals surface area contributed by atoms with Crippen molar-refractivity contribution in [3.63, 3.8) is 0 Å². The number of benzene rings is 1. The van der Waals surface area contributed by atoms with Gasteiger partial charge in [-0.2, -0.15) is 0 Å². The van der Waals surface area contributed by atoms with Crippen LogP contribution in [0.3, 0.4) is 0 Å². The van der Waals surface area contributed by atoms with Crippen molar-refractivity contribution in [2.75, 3.05) is 59.1 Å². The van der Waals surface area contributed by atoms with Gasteiger partial charge in [0.15, 0.2) is 5.96 Å². The van der Waals surface area contributed by atoms with Crippen LogP contribution in [0, 0.1) is 6.92 Å². The van der Waals surface area contributed by atoms with Crippen molar-refractivity contribution in [2.45, 2.75) is 32.8 Å². The summed E-state index contributed by atoms with van der Waals surface area (Å²) < 4.78 is 11.2. The smallest absolute Gasteiger partial charge is 0.191 e. The van der Waals surface area contributed by atoms with E-state index in [0.717, 1.165) is 57.1 Å². The summed E-state index contributed by atoms with van der Waals surface area (Å²) in [6.07, 6.45) is 0.830. The number of hydrogen-bond acceptors (Lipinski definition) is 5. The zero-order valence-electron chi connectivity index (χ0n) is 18.2. The molecular formula is C21H36ClIN4O3. The molecule has 7 nitrogen and oxygen atoms in total. The van der Waals surface area contributed by atoms with E-state index in [0.29, 0.717) is 30.7 Å². The lowest BCUT2D eigenvalue weighted by molar-refractivity contribution is -0.0180. The minimum absolute atomic E-state index is 0. The fraction of sp³-hybridized carbons (Fsp3) is 0.667. The molecule has 0 radical (unpaired) electrons. The summed E-state index contributed by atoms with van der Waals surface area (Å²) in [6.45, 7) is 12.0. The molecule has 1 aromatic rings. The Morgan fingerprint density at radius 1 is 1.33 bits per heavy atom. The number of β-amino-alcohol motifs (C(OH)–C–C–N with tert-alkyl or cyclic N) is 1. The number of aryl methyl sites for hydroxylation is 1. The largest absolute Gasteiger partial charge is 0.493 e. The third-order valence-electron chi connectivity index (χ3n) is 4.60. The standard InChI is InChI=1S/C21H35ClN4O3.HI/c1-4-23-20(25-15-21(3,27)16-26-9-12-28-13-10-26)24-8-5-11-29-19-7-6-18(22)14-17(19)2;/h6-7,14,27H,4-5,8-13,15-16H2,1-3H3,(H2,23,24,25);1H. The molecule has 1 aliphatic rings. The Hall–Kier alpha value is -0.810. The second-order valence-electron chi connectivity index (χ2n) is 7.62. The first-order chi connectivity index (χ1) is 13.9. The molecule has 1 saturated heterocycles. The van der Waals surface area contributed by atoms with Gasteiger partial charge in [0.25, 0.3) is 0 Å². The second kappa shape index (κ2) is 14.3. The minimum Gasteiger partial charge on any atom is -0.493 e. The lowest BCUT2D eigenvalue weighted by atomic mass is 10.1. The molecule has 2 rings (SSSR count). The molecule has 3 N–H and O–H groups in total. The van der Waals surface area contributed by atoms with Crippen LogP contribution in [0.4, 0.5) is 0 Å². The minimum atomic E-state index is -0.880. The van der Waals surface area contributed by atoms with E-state index in [-0.39, 0.29) is 24.0 Å². The summed E-state index contributed by atoms with van der Waals surface area (Å²) in [4.78, 5) is 6.78. The number of halogens is 2.